The summed E-state index contributed by atoms with van der Waals surface area (Å²) >= 11 is 0. The molecule has 2 aromatic rings. The minimum Gasteiger partial charge on any atom is -0.494 e. The second-order valence-electron chi connectivity index (χ2n) is 7.69. The number of hydrogen-bond acceptors (Lipinski definition) is 5. The van der Waals surface area contributed by atoms with Crippen molar-refractivity contribution in [1.82, 2.24) is 0 Å². The molecule has 1 amide bonds. The lowest BCUT2D eigenvalue weighted by Crippen LogP contribution is -3.15. The van der Waals surface area contributed by atoms with E-state index in [4.69, 9.17) is 9.47 Å². The van der Waals surface area contributed by atoms with Crippen molar-refractivity contribution in [3.8, 4) is 5.75 Å². The lowest BCUT2D eigenvalue weighted by molar-refractivity contribution is -0.906. The minimum atomic E-state index is -1.86. The molecule has 2 aliphatic rings. The third-order valence-electron chi connectivity index (χ3n) is 5.72. The number of morpholine rings is 1. The molecule has 0 saturated carbocycles. The molecule has 1 saturated heterocycles. The maximum Gasteiger partial charge on any atom is 0.268 e. The number of para-hydroxylation sites is 1. The number of fused-ring (bicyclic) bond motifs is 1. The smallest absolute Gasteiger partial charge is 0.268 e. The van der Waals surface area contributed by atoms with E-state index in [1.165, 1.54) is 4.90 Å². The summed E-state index contributed by atoms with van der Waals surface area (Å²) in [6.45, 7) is 5.78. The van der Waals surface area contributed by atoms with E-state index in [0.29, 0.717) is 49.1 Å². The van der Waals surface area contributed by atoms with Gasteiger partial charge in [-0.05, 0) is 37.3 Å². The molecule has 1 atom stereocenters. The van der Waals surface area contributed by atoms with Crippen LogP contribution in [0.2, 0.25) is 0 Å². The fraction of sp³-hybridized carbons (Fsp3) is 0.391. The Bertz CT molecular complexity index is 923. The van der Waals surface area contributed by atoms with Crippen LogP contribution in [0.3, 0.4) is 0 Å². The van der Waals surface area contributed by atoms with Crippen molar-refractivity contribution >= 4 is 17.4 Å². The second-order valence-corrected chi connectivity index (χ2v) is 7.69. The normalized spacial score (nSPS) is 21.5. The Kier molecular flexibility index (Phi) is 5.85. The van der Waals surface area contributed by atoms with Crippen LogP contribution in [-0.2, 0) is 15.1 Å². The summed E-state index contributed by atoms with van der Waals surface area (Å²) in [6.07, 6.45) is -0.300. The first-order chi connectivity index (χ1) is 14.5. The predicted molar refractivity (Wildman–Crippen MR) is 111 cm³/mol. The van der Waals surface area contributed by atoms with Crippen LogP contribution in [0.5, 0.6) is 5.75 Å². The summed E-state index contributed by atoms with van der Waals surface area (Å²) in [5.41, 5.74) is -0.266. The number of carbonyl (C=O) groups excluding carboxylic acids is 2. The molecule has 7 nitrogen and oxygen atoms in total. The molecule has 0 aromatic heterocycles. The number of benzene rings is 2. The van der Waals surface area contributed by atoms with Crippen LogP contribution in [0, 0.1) is 0 Å². The number of anilines is 1. The zero-order valence-corrected chi connectivity index (χ0v) is 17.1. The fourth-order valence-electron chi connectivity index (χ4n) is 4.11. The van der Waals surface area contributed by atoms with Crippen molar-refractivity contribution in [3.05, 3.63) is 59.7 Å². The van der Waals surface area contributed by atoms with Crippen molar-refractivity contribution in [3.63, 3.8) is 0 Å². The Hall–Kier alpha value is -2.74. The third-order valence-corrected chi connectivity index (χ3v) is 5.72. The van der Waals surface area contributed by atoms with Gasteiger partial charge in [-0.3, -0.25) is 14.5 Å². The second kappa shape index (κ2) is 8.55. The van der Waals surface area contributed by atoms with Crippen LogP contribution in [0.25, 0.3) is 0 Å². The maximum atomic E-state index is 13.3. The first kappa shape index (κ1) is 20.5. The SMILES string of the molecule is CCOc1ccc(C(=O)C[C@]2(O)C(=O)N(C[NH+]3CCOCC3)c3ccccc32)cc1. The quantitative estimate of drug-likeness (QED) is 0.658. The number of aliphatic hydroxyl groups is 1. The lowest BCUT2D eigenvalue weighted by Gasteiger charge is -2.29. The zero-order chi connectivity index (χ0) is 21.1. The number of nitrogens with zero attached hydrogens (tertiary/aromatic N) is 1. The maximum absolute atomic E-state index is 13.3. The first-order valence-corrected chi connectivity index (χ1v) is 10.3. The number of ketones is 1. The standard InChI is InChI=1S/C23H26N2O5/c1-2-30-18-9-7-17(8-10-18)21(26)15-23(28)19-5-3-4-6-20(19)25(22(23)27)16-24-11-13-29-14-12-24/h3-10,28H,2,11-16H2,1H3/p+1/t23-/m1/s1. The topological polar surface area (TPSA) is 80.5 Å². The highest BCUT2D eigenvalue weighted by Gasteiger charge is 2.51. The third kappa shape index (κ3) is 3.84. The predicted octanol–water partition coefficient (Wildman–Crippen LogP) is 0.765. The Morgan fingerprint density at radius 2 is 1.87 bits per heavy atom. The number of nitrogens with one attached hydrogen (secondary N) is 1. The van der Waals surface area contributed by atoms with Gasteiger partial charge in [0, 0.05) is 11.1 Å². The van der Waals surface area contributed by atoms with Crippen molar-refractivity contribution in [2.75, 3.05) is 44.5 Å². The molecule has 30 heavy (non-hydrogen) atoms. The van der Waals surface area contributed by atoms with E-state index >= 15 is 0 Å². The number of amides is 1. The average molecular weight is 411 g/mol. The van der Waals surface area contributed by atoms with Gasteiger partial charge in [-0.1, -0.05) is 18.2 Å². The molecule has 0 unspecified atom stereocenters. The van der Waals surface area contributed by atoms with Crippen LogP contribution in [0.1, 0.15) is 29.3 Å². The molecule has 0 aliphatic carbocycles. The van der Waals surface area contributed by atoms with E-state index < -0.39 is 11.5 Å². The Labute approximate surface area is 175 Å². The molecule has 1 fully saturated rings. The van der Waals surface area contributed by atoms with Gasteiger partial charge in [0.05, 0.1) is 31.9 Å². The van der Waals surface area contributed by atoms with Gasteiger partial charge in [0.1, 0.15) is 18.8 Å². The van der Waals surface area contributed by atoms with Gasteiger partial charge < -0.3 is 19.5 Å². The molecule has 2 heterocycles. The van der Waals surface area contributed by atoms with Gasteiger partial charge in [-0.15, -0.1) is 0 Å². The summed E-state index contributed by atoms with van der Waals surface area (Å²) in [6, 6.07) is 13.9. The van der Waals surface area contributed by atoms with E-state index in [2.05, 4.69) is 0 Å². The summed E-state index contributed by atoms with van der Waals surface area (Å²) < 4.78 is 10.8. The summed E-state index contributed by atoms with van der Waals surface area (Å²) in [5.74, 6) is -0.0547. The number of Topliss-reactive ketones (excluding diaryl/α,β-unsaturated/α-hetero) is 1. The van der Waals surface area contributed by atoms with E-state index in [1.54, 1.807) is 41.3 Å². The molecule has 7 heteroatoms. The van der Waals surface area contributed by atoms with Crippen LogP contribution >= 0.6 is 0 Å². The van der Waals surface area contributed by atoms with E-state index in [1.807, 2.05) is 19.1 Å². The average Bonchev–Trinajstić information content (AvgIpc) is 2.97. The molecule has 158 valence electrons. The van der Waals surface area contributed by atoms with Crippen LogP contribution < -0.4 is 14.5 Å². The fourth-order valence-corrected chi connectivity index (χ4v) is 4.11. The van der Waals surface area contributed by atoms with Gasteiger partial charge in [-0.2, -0.15) is 0 Å². The van der Waals surface area contributed by atoms with Gasteiger partial charge >= 0.3 is 0 Å². The van der Waals surface area contributed by atoms with Crippen molar-refractivity contribution < 1.29 is 29.1 Å². The van der Waals surface area contributed by atoms with Crippen LogP contribution in [-0.4, -0.2) is 56.4 Å². The Balaban J connectivity index is 1.57. The lowest BCUT2D eigenvalue weighted by atomic mass is 9.88. The largest absolute Gasteiger partial charge is 0.494 e. The minimum absolute atomic E-state index is 0.288. The van der Waals surface area contributed by atoms with Gasteiger partial charge in [-0.25, -0.2) is 0 Å². The van der Waals surface area contributed by atoms with E-state index in [9.17, 15) is 14.7 Å². The Morgan fingerprint density at radius 3 is 2.57 bits per heavy atom. The molecule has 4 rings (SSSR count). The molecular formula is C23H27N2O5+. The van der Waals surface area contributed by atoms with Crippen molar-refractivity contribution in [2.45, 2.75) is 18.9 Å². The molecule has 2 aromatic carbocycles. The zero-order valence-electron chi connectivity index (χ0n) is 17.1. The highest BCUT2D eigenvalue weighted by molar-refractivity contribution is 6.10. The highest BCUT2D eigenvalue weighted by atomic mass is 16.5. The van der Waals surface area contributed by atoms with Gasteiger partial charge in [0.15, 0.2) is 18.1 Å². The number of carbonyl (C=O) groups is 2. The summed E-state index contributed by atoms with van der Waals surface area (Å²) in [7, 11) is 0. The molecular weight excluding hydrogens is 384 g/mol. The molecule has 2 aliphatic heterocycles. The summed E-state index contributed by atoms with van der Waals surface area (Å²) in [5, 5.41) is 11.4. The van der Waals surface area contributed by atoms with E-state index in [-0.39, 0.29) is 12.2 Å². The highest BCUT2D eigenvalue weighted by Crippen LogP contribution is 2.42. The number of quaternary nitrogens is 1. The number of rotatable bonds is 7. The molecule has 0 radical (unpaired) electrons. The monoisotopic (exact) mass is 411 g/mol. The van der Waals surface area contributed by atoms with Crippen molar-refractivity contribution in [1.29, 1.82) is 0 Å². The summed E-state index contributed by atoms with van der Waals surface area (Å²) in [4.78, 5) is 29.1. The van der Waals surface area contributed by atoms with Crippen LogP contribution in [0.4, 0.5) is 5.69 Å². The van der Waals surface area contributed by atoms with Crippen LogP contribution in [0.15, 0.2) is 48.5 Å². The number of hydrogen-bond donors (Lipinski definition) is 2. The van der Waals surface area contributed by atoms with E-state index in [0.717, 1.165) is 13.1 Å². The number of ether oxygens (including phenoxy) is 2. The molecule has 2 N–H and O–H groups in total. The first-order valence-electron chi connectivity index (χ1n) is 10.3. The molecule has 0 bridgehead atoms. The molecule has 0 spiro atoms. The van der Waals surface area contributed by atoms with Gasteiger partial charge in [0.2, 0.25) is 0 Å². The van der Waals surface area contributed by atoms with Gasteiger partial charge in [0.25, 0.3) is 5.91 Å². The Morgan fingerprint density at radius 1 is 1.17 bits per heavy atom. The van der Waals surface area contributed by atoms with Crippen molar-refractivity contribution in [2.24, 2.45) is 0 Å².